The van der Waals surface area contributed by atoms with Gasteiger partial charge in [0.15, 0.2) is 5.58 Å². The van der Waals surface area contributed by atoms with E-state index in [0.717, 1.165) is 10.8 Å². The maximum Gasteiger partial charge on any atom is 0.397 e. The lowest BCUT2D eigenvalue weighted by atomic mass is 10.1. The molecule has 0 aliphatic rings. The third-order valence-corrected chi connectivity index (χ3v) is 2.65. The summed E-state index contributed by atoms with van der Waals surface area (Å²) >= 11 is 0. The summed E-state index contributed by atoms with van der Waals surface area (Å²) in [7, 11) is 0. The first-order valence-electron chi connectivity index (χ1n) is 5.36. The molecule has 0 unspecified atom stereocenters. The minimum Gasteiger partial charge on any atom is -0.440 e. The predicted molar refractivity (Wildman–Crippen MR) is 61.3 cm³/mol. The average Bonchev–Trinajstić information content (AvgIpc) is 2.63. The number of alkyl halides is 3. The van der Waals surface area contributed by atoms with Crippen molar-refractivity contribution in [2.75, 3.05) is 0 Å². The molecule has 0 aliphatic carbocycles. The fourth-order valence-corrected chi connectivity index (χ4v) is 1.91. The maximum absolute atomic E-state index is 12.2. The van der Waals surface area contributed by atoms with E-state index >= 15 is 0 Å². The number of hydrogen-bond acceptors (Lipinski definition) is 2. The summed E-state index contributed by atoms with van der Waals surface area (Å²) in [6.45, 7) is 0. The fraction of sp³-hybridized carbons (Fsp3) is 0.154. The average molecular weight is 251 g/mol. The molecule has 0 fully saturated rings. The third kappa shape index (κ3) is 2.03. The number of halogens is 3. The molecular weight excluding hydrogens is 243 g/mol. The molecule has 0 amide bonds. The number of rotatable bonds is 1. The molecule has 1 aromatic heterocycles. The van der Waals surface area contributed by atoms with Gasteiger partial charge in [0.05, 0.1) is 0 Å². The zero-order valence-electron chi connectivity index (χ0n) is 9.16. The van der Waals surface area contributed by atoms with Gasteiger partial charge in [-0.1, -0.05) is 24.3 Å². The van der Waals surface area contributed by atoms with E-state index in [1.165, 1.54) is 0 Å². The quantitative estimate of drug-likeness (QED) is 0.651. The number of benzene rings is 2. The van der Waals surface area contributed by atoms with Gasteiger partial charge >= 0.3 is 6.18 Å². The summed E-state index contributed by atoms with van der Waals surface area (Å²) in [6, 6.07) is 10.9. The van der Waals surface area contributed by atoms with E-state index in [-0.39, 0.29) is 5.89 Å². The van der Waals surface area contributed by atoms with Crippen molar-refractivity contribution in [2.24, 2.45) is 0 Å². The highest BCUT2D eigenvalue weighted by Gasteiger charge is 2.30. The van der Waals surface area contributed by atoms with Gasteiger partial charge < -0.3 is 4.42 Å². The first-order chi connectivity index (χ1) is 8.51. The summed E-state index contributed by atoms with van der Waals surface area (Å²) in [5.41, 5.74) is 0.834. The minimum atomic E-state index is -4.31. The molecule has 0 radical (unpaired) electrons. The molecule has 0 spiro atoms. The number of oxazole rings is 1. The van der Waals surface area contributed by atoms with E-state index in [0.29, 0.717) is 11.1 Å². The van der Waals surface area contributed by atoms with Crippen LogP contribution in [0.2, 0.25) is 0 Å². The smallest absolute Gasteiger partial charge is 0.397 e. The first kappa shape index (κ1) is 11.1. The van der Waals surface area contributed by atoms with Crippen LogP contribution in [0.1, 0.15) is 5.89 Å². The molecule has 0 bridgehead atoms. The number of hydrogen-bond donors (Lipinski definition) is 0. The lowest BCUT2D eigenvalue weighted by Gasteiger charge is -2.00. The van der Waals surface area contributed by atoms with E-state index in [4.69, 9.17) is 4.42 Å². The molecule has 3 aromatic rings. The van der Waals surface area contributed by atoms with Crippen molar-refractivity contribution in [3.05, 3.63) is 42.3 Å². The first-order valence-corrected chi connectivity index (χ1v) is 5.36. The molecule has 0 aliphatic heterocycles. The second kappa shape index (κ2) is 3.73. The van der Waals surface area contributed by atoms with Crippen molar-refractivity contribution < 1.29 is 17.6 Å². The van der Waals surface area contributed by atoms with Crippen LogP contribution in [-0.2, 0) is 6.42 Å². The van der Waals surface area contributed by atoms with Gasteiger partial charge in [-0.3, -0.25) is 0 Å². The van der Waals surface area contributed by atoms with Crippen molar-refractivity contribution in [1.82, 2.24) is 4.98 Å². The van der Waals surface area contributed by atoms with Crippen LogP contribution < -0.4 is 0 Å². The van der Waals surface area contributed by atoms with Gasteiger partial charge in [-0.15, -0.1) is 0 Å². The predicted octanol–water partition coefficient (Wildman–Crippen LogP) is 4.09. The van der Waals surface area contributed by atoms with E-state index in [1.807, 2.05) is 24.3 Å². The van der Waals surface area contributed by atoms with Crippen molar-refractivity contribution in [1.29, 1.82) is 0 Å². The number of aromatic nitrogens is 1. The number of fused-ring (bicyclic) bond motifs is 2. The van der Waals surface area contributed by atoms with E-state index in [2.05, 4.69) is 4.98 Å². The van der Waals surface area contributed by atoms with Gasteiger partial charge in [-0.2, -0.15) is 13.2 Å². The van der Waals surface area contributed by atoms with E-state index in [9.17, 15) is 13.2 Å². The summed E-state index contributed by atoms with van der Waals surface area (Å²) in [4.78, 5) is 3.86. The standard InChI is InChI=1S/C13H8F3NO/c14-13(15,16)7-12-17-10-5-8-3-1-2-4-9(8)6-11(10)18-12/h1-6H,7H2. The second-order valence-corrected chi connectivity index (χ2v) is 4.07. The van der Waals surface area contributed by atoms with Crippen LogP contribution in [0.15, 0.2) is 40.8 Å². The molecule has 5 heteroatoms. The highest BCUT2D eigenvalue weighted by atomic mass is 19.4. The molecule has 3 rings (SSSR count). The van der Waals surface area contributed by atoms with Gasteiger partial charge in [0, 0.05) is 0 Å². The van der Waals surface area contributed by atoms with Crippen LogP contribution in [0.25, 0.3) is 21.9 Å². The summed E-state index contributed by atoms with van der Waals surface area (Å²) in [6.07, 6.45) is -5.45. The zero-order valence-corrected chi connectivity index (χ0v) is 9.16. The lowest BCUT2D eigenvalue weighted by Crippen LogP contribution is -2.11. The van der Waals surface area contributed by atoms with Gasteiger partial charge in [-0.25, -0.2) is 4.98 Å². The topological polar surface area (TPSA) is 26.0 Å². The van der Waals surface area contributed by atoms with E-state index in [1.54, 1.807) is 12.1 Å². The molecule has 2 aromatic carbocycles. The normalized spacial score (nSPS) is 12.4. The lowest BCUT2D eigenvalue weighted by molar-refractivity contribution is -0.130. The minimum absolute atomic E-state index is 0.298. The summed E-state index contributed by atoms with van der Waals surface area (Å²) in [5.74, 6) is -0.298. The third-order valence-electron chi connectivity index (χ3n) is 2.65. The van der Waals surface area contributed by atoms with Crippen LogP contribution in [0.5, 0.6) is 0 Å². The molecule has 0 atom stereocenters. The monoisotopic (exact) mass is 251 g/mol. The Morgan fingerprint density at radius 3 is 2.39 bits per heavy atom. The Morgan fingerprint density at radius 1 is 1.06 bits per heavy atom. The molecule has 18 heavy (non-hydrogen) atoms. The van der Waals surface area contributed by atoms with Crippen molar-refractivity contribution >= 4 is 21.9 Å². The molecule has 2 nitrogen and oxygen atoms in total. The van der Waals surface area contributed by atoms with Crippen LogP contribution in [0, 0.1) is 0 Å². The van der Waals surface area contributed by atoms with Crippen LogP contribution in [0.3, 0.4) is 0 Å². The van der Waals surface area contributed by atoms with Crippen molar-refractivity contribution in [2.45, 2.75) is 12.6 Å². The summed E-state index contributed by atoms with van der Waals surface area (Å²) < 4.78 is 41.9. The van der Waals surface area contributed by atoms with E-state index < -0.39 is 12.6 Å². The summed E-state index contributed by atoms with van der Waals surface area (Å²) in [5, 5.41) is 1.84. The van der Waals surface area contributed by atoms with Crippen molar-refractivity contribution in [3.63, 3.8) is 0 Å². The number of nitrogens with zero attached hydrogens (tertiary/aromatic N) is 1. The van der Waals surface area contributed by atoms with Gasteiger partial charge in [0.2, 0.25) is 5.89 Å². The highest BCUT2D eigenvalue weighted by molar-refractivity contribution is 5.94. The Morgan fingerprint density at radius 2 is 1.72 bits per heavy atom. The fourth-order valence-electron chi connectivity index (χ4n) is 1.91. The highest BCUT2D eigenvalue weighted by Crippen LogP contribution is 2.26. The van der Waals surface area contributed by atoms with Crippen LogP contribution in [-0.4, -0.2) is 11.2 Å². The molecule has 92 valence electrons. The molecular formula is C13H8F3NO. The van der Waals surface area contributed by atoms with Gasteiger partial charge in [-0.05, 0) is 22.9 Å². The van der Waals surface area contributed by atoms with Gasteiger partial charge in [0.25, 0.3) is 0 Å². The largest absolute Gasteiger partial charge is 0.440 e. The van der Waals surface area contributed by atoms with Gasteiger partial charge in [0.1, 0.15) is 11.9 Å². The Hall–Kier alpha value is -2.04. The molecule has 0 saturated heterocycles. The van der Waals surface area contributed by atoms with Crippen LogP contribution >= 0.6 is 0 Å². The zero-order chi connectivity index (χ0) is 12.8. The Labute approximate surface area is 100 Å². The molecule has 0 saturated carbocycles. The Balaban J connectivity index is 2.14. The molecule has 0 N–H and O–H groups in total. The Kier molecular flexibility index (Phi) is 2.29. The van der Waals surface area contributed by atoms with Crippen molar-refractivity contribution in [3.8, 4) is 0 Å². The van der Waals surface area contributed by atoms with Crippen LogP contribution in [0.4, 0.5) is 13.2 Å². The Bertz CT molecular complexity index is 662. The molecule has 1 heterocycles. The maximum atomic E-state index is 12.2. The second-order valence-electron chi connectivity index (χ2n) is 4.07. The SMILES string of the molecule is FC(F)(F)Cc1nc2cc3ccccc3cc2o1.